The number of benzene rings is 2. The standard InChI is InChI=1S/C21H23NO3/c1-4-16-8-7-9-17-18(15(2)23)14-22(21(16)17)12-13-25-20-11-6-5-10-19(20)24-3/h5-11,14H,4,12-13H2,1-3H3. The number of carbonyl (C=O) groups is 1. The van der Waals surface area contributed by atoms with E-state index in [9.17, 15) is 4.79 Å². The highest BCUT2D eigenvalue weighted by Crippen LogP contribution is 2.27. The molecule has 0 N–H and O–H groups in total. The molecule has 0 aliphatic heterocycles. The van der Waals surface area contributed by atoms with Crippen molar-refractivity contribution in [1.29, 1.82) is 0 Å². The first-order valence-electron chi connectivity index (χ1n) is 8.53. The maximum atomic E-state index is 12.0. The van der Waals surface area contributed by atoms with E-state index >= 15 is 0 Å². The molecule has 25 heavy (non-hydrogen) atoms. The third-order valence-electron chi connectivity index (χ3n) is 4.40. The van der Waals surface area contributed by atoms with Crippen LogP contribution < -0.4 is 9.47 Å². The number of aryl methyl sites for hydroxylation is 1. The van der Waals surface area contributed by atoms with Gasteiger partial charge in [-0.05, 0) is 31.0 Å². The molecule has 0 spiro atoms. The van der Waals surface area contributed by atoms with Crippen LogP contribution in [-0.2, 0) is 13.0 Å². The average molecular weight is 337 g/mol. The van der Waals surface area contributed by atoms with Gasteiger partial charge in [0.2, 0.25) is 0 Å². The van der Waals surface area contributed by atoms with Crippen molar-refractivity contribution in [2.75, 3.05) is 13.7 Å². The summed E-state index contributed by atoms with van der Waals surface area (Å²) in [4.78, 5) is 12.0. The molecule has 4 heteroatoms. The minimum absolute atomic E-state index is 0.0858. The monoisotopic (exact) mass is 337 g/mol. The van der Waals surface area contributed by atoms with Gasteiger partial charge in [0, 0.05) is 17.1 Å². The van der Waals surface area contributed by atoms with Crippen molar-refractivity contribution in [2.24, 2.45) is 0 Å². The number of Topliss-reactive ketones (excluding diaryl/α,β-unsaturated/α-hetero) is 1. The largest absolute Gasteiger partial charge is 0.493 e. The normalized spacial score (nSPS) is 10.8. The van der Waals surface area contributed by atoms with E-state index in [2.05, 4.69) is 17.6 Å². The zero-order valence-corrected chi connectivity index (χ0v) is 14.9. The van der Waals surface area contributed by atoms with Crippen LogP contribution >= 0.6 is 0 Å². The van der Waals surface area contributed by atoms with Gasteiger partial charge < -0.3 is 14.0 Å². The Morgan fingerprint density at radius 1 is 1.08 bits per heavy atom. The molecule has 1 aromatic heterocycles. The fourth-order valence-electron chi connectivity index (χ4n) is 3.17. The Hall–Kier alpha value is -2.75. The molecule has 0 fully saturated rings. The highest BCUT2D eigenvalue weighted by atomic mass is 16.5. The maximum absolute atomic E-state index is 12.0. The Kier molecular flexibility index (Phi) is 5.08. The molecule has 3 rings (SSSR count). The topological polar surface area (TPSA) is 40.5 Å². The van der Waals surface area contributed by atoms with E-state index in [0.717, 1.165) is 34.4 Å². The fraction of sp³-hybridized carbons (Fsp3) is 0.286. The van der Waals surface area contributed by atoms with Crippen LogP contribution in [0, 0.1) is 0 Å². The molecule has 3 aromatic rings. The van der Waals surface area contributed by atoms with Gasteiger partial charge in [0.05, 0.1) is 19.2 Å². The SMILES string of the molecule is CCc1cccc2c(C(C)=O)cn(CCOc3ccccc3OC)c12. The molecule has 0 amide bonds. The van der Waals surface area contributed by atoms with Crippen molar-refractivity contribution in [3.63, 3.8) is 0 Å². The number of nitrogens with zero attached hydrogens (tertiary/aromatic N) is 1. The lowest BCUT2D eigenvalue weighted by Crippen LogP contribution is -2.08. The van der Waals surface area contributed by atoms with Crippen LogP contribution in [0.5, 0.6) is 11.5 Å². The second-order valence-electron chi connectivity index (χ2n) is 5.96. The van der Waals surface area contributed by atoms with Crippen molar-refractivity contribution in [2.45, 2.75) is 26.8 Å². The molecular formula is C21H23NO3. The Bertz CT molecular complexity index is 895. The quantitative estimate of drug-likeness (QED) is 0.596. The van der Waals surface area contributed by atoms with Crippen LogP contribution in [0.4, 0.5) is 0 Å². The highest BCUT2D eigenvalue weighted by Gasteiger charge is 2.14. The summed E-state index contributed by atoms with van der Waals surface area (Å²) in [5.41, 5.74) is 3.13. The molecule has 0 atom stereocenters. The zero-order chi connectivity index (χ0) is 17.8. The number of carbonyl (C=O) groups excluding carboxylic acids is 1. The first-order chi connectivity index (χ1) is 12.2. The lowest BCUT2D eigenvalue weighted by molar-refractivity contribution is 0.101. The number of ketones is 1. The number of methoxy groups -OCH3 is 1. The van der Waals surface area contributed by atoms with E-state index in [-0.39, 0.29) is 5.78 Å². The third kappa shape index (κ3) is 3.38. The summed E-state index contributed by atoms with van der Waals surface area (Å²) >= 11 is 0. The van der Waals surface area contributed by atoms with Crippen LogP contribution in [0.3, 0.4) is 0 Å². The molecule has 0 unspecified atom stereocenters. The number of hydrogen-bond acceptors (Lipinski definition) is 3. The van der Waals surface area contributed by atoms with Gasteiger partial charge in [0.1, 0.15) is 6.61 Å². The number of para-hydroxylation sites is 3. The van der Waals surface area contributed by atoms with Crippen LogP contribution in [0.25, 0.3) is 10.9 Å². The first-order valence-corrected chi connectivity index (χ1v) is 8.53. The predicted octanol–water partition coefficient (Wildman–Crippen LogP) is 4.49. The van der Waals surface area contributed by atoms with Gasteiger partial charge in [-0.15, -0.1) is 0 Å². The summed E-state index contributed by atoms with van der Waals surface area (Å²) in [6.45, 7) is 4.91. The van der Waals surface area contributed by atoms with Gasteiger partial charge in [0.25, 0.3) is 0 Å². The van der Waals surface area contributed by atoms with E-state index in [1.807, 2.05) is 42.6 Å². The van der Waals surface area contributed by atoms with Gasteiger partial charge in [-0.1, -0.05) is 37.3 Å². The molecule has 0 saturated carbocycles. The zero-order valence-electron chi connectivity index (χ0n) is 14.9. The number of ether oxygens (including phenoxy) is 2. The molecule has 0 aliphatic rings. The second-order valence-corrected chi connectivity index (χ2v) is 5.96. The molecule has 2 aromatic carbocycles. The maximum Gasteiger partial charge on any atom is 0.161 e. The van der Waals surface area contributed by atoms with Gasteiger partial charge in [0.15, 0.2) is 17.3 Å². The number of fused-ring (bicyclic) bond motifs is 1. The van der Waals surface area contributed by atoms with Crippen LogP contribution in [0.2, 0.25) is 0 Å². The Morgan fingerprint density at radius 2 is 1.84 bits per heavy atom. The van der Waals surface area contributed by atoms with Gasteiger partial charge in [-0.2, -0.15) is 0 Å². The molecule has 130 valence electrons. The average Bonchev–Trinajstić information content (AvgIpc) is 3.01. The van der Waals surface area contributed by atoms with Gasteiger partial charge >= 0.3 is 0 Å². The van der Waals surface area contributed by atoms with E-state index in [1.54, 1.807) is 14.0 Å². The van der Waals surface area contributed by atoms with Crippen molar-refractivity contribution in [3.8, 4) is 11.5 Å². The Morgan fingerprint density at radius 3 is 2.52 bits per heavy atom. The van der Waals surface area contributed by atoms with Gasteiger partial charge in [-0.3, -0.25) is 4.79 Å². The van der Waals surface area contributed by atoms with E-state index < -0.39 is 0 Å². The van der Waals surface area contributed by atoms with Crippen LogP contribution in [0.1, 0.15) is 29.8 Å². The van der Waals surface area contributed by atoms with Crippen molar-refractivity contribution in [3.05, 3.63) is 59.8 Å². The summed E-state index contributed by atoms with van der Waals surface area (Å²) in [5, 5.41) is 1.02. The number of hydrogen-bond donors (Lipinski definition) is 0. The predicted molar refractivity (Wildman–Crippen MR) is 99.8 cm³/mol. The molecule has 0 aliphatic carbocycles. The van der Waals surface area contributed by atoms with Crippen LogP contribution in [-0.4, -0.2) is 24.1 Å². The smallest absolute Gasteiger partial charge is 0.161 e. The number of rotatable bonds is 7. The minimum Gasteiger partial charge on any atom is -0.493 e. The van der Waals surface area contributed by atoms with E-state index in [0.29, 0.717) is 13.2 Å². The highest BCUT2D eigenvalue weighted by molar-refractivity contribution is 6.07. The Balaban J connectivity index is 1.87. The molecule has 0 bridgehead atoms. The summed E-state index contributed by atoms with van der Waals surface area (Å²) in [7, 11) is 1.63. The lowest BCUT2D eigenvalue weighted by atomic mass is 10.1. The molecule has 1 heterocycles. The fourth-order valence-corrected chi connectivity index (χ4v) is 3.17. The summed E-state index contributed by atoms with van der Waals surface area (Å²) in [5.74, 6) is 1.53. The van der Waals surface area contributed by atoms with Crippen molar-refractivity contribution < 1.29 is 14.3 Å². The van der Waals surface area contributed by atoms with E-state index in [1.165, 1.54) is 5.56 Å². The van der Waals surface area contributed by atoms with Crippen molar-refractivity contribution in [1.82, 2.24) is 4.57 Å². The van der Waals surface area contributed by atoms with E-state index in [4.69, 9.17) is 9.47 Å². The lowest BCUT2D eigenvalue weighted by Gasteiger charge is -2.12. The second kappa shape index (κ2) is 7.43. The molecule has 0 radical (unpaired) electrons. The molecule has 0 saturated heterocycles. The summed E-state index contributed by atoms with van der Waals surface area (Å²) in [6, 6.07) is 13.8. The minimum atomic E-state index is 0.0858. The van der Waals surface area contributed by atoms with Gasteiger partial charge in [-0.25, -0.2) is 0 Å². The molecular weight excluding hydrogens is 314 g/mol. The Labute approximate surface area is 148 Å². The first kappa shape index (κ1) is 17.1. The number of aromatic nitrogens is 1. The van der Waals surface area contributed by atoms with Crippen molar-refractivity contribution >= 4 is 16.7 Å². The summed E-state index contributed by atoms with van der Waals surface area (Å²) < 4.78 is 13.3. The molecule has 4 nitrogen and oxygen atoms in total. The third-order valence-corrected chi connectivity index (χ3v) is 4.40. The van der Waals surface area contributed by atoms with Crippen LogP contribution in [0.15, 0.2) is 48.7 Å². The summed E-state index contributed by atoms with van der Waals surface area (Å²) in [6.07, 6.45) is 2.86.